The molecule has 25 heavy (non-hydrogen) atoms. The zero-order valence-corrected chi connectivity index (χ0v) is 13.3. The first-order valence-corrected chi connectivity index (χ1v) is 7.74. The molecule has 2 aromatic heterocycles. The standard InChI is InChI=1S/C15H11F3N4O2S/c16-15(17,18)8-3-9(5-10(24)4-8)21-14-19-2-1-12(22-14)13-20-6-11(7-23)25-13/h1-6,23-24H,7H2,(H,19,21,22). The fourth-order valence-electron chi connectivity index (χ4n) is 2.01. The number of halogens is 3. The molecule has 0 fully saturated rings. The summed E-state index contributed by atoms with van der Waals surface area (Å²) in [7, 11) is 0. The number of thiazole rings is 1. The number of hydrogen-bond donors (Lipinski definition) is 3. The molecule has 130 valence electrons. The van der Waals surface area contributed by atoms with Crippen molar-refractivity contribution in [2.24, 2.45) is 0 Å². The Morgan fingerprint density at radius 3 is 2.64 bits per heavy atom. The van der Waals surface area contributed by atoms with Gasteiger partial charge in [-0.1, -0.05) is 0 Å². The summed E-state index contributed by atoms with van der Waals surface area (Å²) in [5.41, 5.74) is -0.531. The third-order valence-electron chi connectivity index (χ3n) is 3.09. The van der Waals surface area contributed by atoms with Crippen LogP contribution in [0.2, 0.25) is 0 Å². The molecule has 0 bridgehead atoms. The third kappa shape index (κ3) is 4.03. The lowest BCUT2D eigenvalue weighted by atomic mass is 10.2. The summed E-state index contributed by atoms with van der Waals surface area (Å²) in [4.78, 5) is 12.9. The Bertz CT molecular complexity index is 898. The summed E-state index contributed by atoms with van der Waals surface area (Å²) in [5.74, 6) is -0.474. The molecular weight excluding hydrogens is 357 g/mol. The molecule has 2 heterocycles. The van der Waals surface area contributed by atoms with Gasteiger partial charge in [0.15, 0.2) is 0 Å². The fraction of sp³-hybridized carbons (Fsp3) is 0.133. The van der Waals surface area contributed by atoms with Gasteiger partial charge in [-0.25, -0.2) is 15.0 Å². The molecule has 0 unspecified atom stereocenters. The highest BCUT2D eigenvalue weighted by atomic mass is 32.1. The molecule has 1 aromatic carbocycles. The molecule has 0 aliphatic rings. The van der Waals surface area contributed by atoms with Gasteiger partial charge in [0.2, 0.25) is 5.95 Å². The highest BCUT2D eigenvalue weighted by Crippen LogP contribution is 2.34. The normalized spacial score (nSPS) is 11.5. The summed E-state index contributed by atoms with van der Waals surface area (Å²) in [6, 6.07) is 4.21. The van der Waals surface area contributed by atoms with Gasteiger partial charge in [-0.15, -0.1) is 11.3 Å². The molecule has 0 radical (unpaired) electrons. The van der Waals surface area contributed by atoms with E-state index in [1.54, 1.807) is 6.07 Å². The van der Waals surface area contributed by atoms with Crippen molar-refractivity contribution in [2.75, 3.05) is 5.32 Å². The number of nitrogens with one attached hydrogen (secondary N) is 1. The van der Waals surface area contributed by atoms with E-state index >= 15 is 0 Å². The monoisotopic (exact) mass is 368 g/mol. The van der Waals surface area contributed by atoms with Crippen LogP contribution in [0.3, 0.4) is 0 Å². The third-order valence-corrected chi connectivity index (χ3v) is 4.09. The van der Waals surface area contributed by atoms with Crippen LogP contribution in [0.5, 0.6) is 5.75 Å². The predicted molar refractivity (Wildman–Crippen MR) is 85.5 cm³/mol. The van der Waals surface area contributed by atoms with Crippen molar-refractivity contribution in [2.45, 2.75) is 12.8 Å². The number of aliphatic hydroxyl groups excluding tert-OH is 1. The minimum Gasteiger partial charge on any atom is -0.508 e. The summed E-state index contributed by atoms with van der Waals surface area (Å²) >= 11 is 1.24. The topological polar surface area (TPSA) is 91.2 Å². The second kappa shape index (κ2) is 6.65. The van der Waals surface area contributed by atoms with E-state index < -0.39 is 17.5 Å². The molecule has 3 N–H and O–H groups in total. The second-order valence-corrected chi connectivity index (χ2v) is 6.06. The Morgan fingerprint density at radius 2 is 1.96 bits per heavy atom. The Morgan fingerprint density at radius 1 is 1.16 bits per heavy atom. The van der Waals surface area contributed by atoms with Gasteiger partial charge in [-0.3, -0.25) is 0 Å². The maximum absolute atomic E-state index is 12.8. The first-order valence-electron chi connectivity index (χ1n) is 6.92. The van der Waals surface area contributed by atoms with E-state index in [2.05, 4.69) is 20.3 Å². The maximum atomic E-state index is 12.8. The van der Waals surface area contributed by atoms with E-state index in [1.165, 1.54) is 23.7 Å². The van der Waals surface area contributed by atoms with Crippen LogP contribution in [0.4, 0.5) is 24.8 Å². The SMILES string of the molecule is OCc1cnc(-c2ccnc(Nc3cc(O)cc(C(F)(F)F)c3)n2)s1. The summed E-state index contributed by atoms with van der Waals surface area (Å²) in [6.07, 6.45) is -1.64. The Labute approximate surface area is 143 Å². The Balaban J connectivity index is 1.89. The van der Waals surface area contributed by atoms with Crippen LogP contribution in [0.25, 0.3) is 10.7 Å². The maximum Gasteiger partial charge on any atom is 0.416 e. The van der Waals surface area contributed by atoms with Gasteiger partial charge in [0.25, 0.3) is 0 Å². The molecule has 0 aliphatic heterocycles. The highest BCUT2D eigenvalue weighted by Gasteiger charge is 2.31. The summed E-state index contributed by atoms with van der Waals surface area (Å²) in [5, 5.41) is 21.7. The molecule has 10 heteroatoms. The van der Waals surface area contributed by atoms with E-state index in [-0.39, 0.29) is 18.2 Å². The van der Waals surface area contributed by atoms with Crippen molar-refractivity contribution in [3.63, 3.8) is 0 Å². The number of benzene rings is 1. The summed E-state index contributed by atoms with van der Waals surface area (Å²) in [6.45, 7) is -0.141. The lowest BCUT2D eigenvalue weighted by molar-refractivity contribution is -0.137. The average Bonchev–Trinajstić information content (AvgIpc) is 3.03. The van der Waals surface area contributed by atoms with Crippen LogP contribution in [0, 0.1) is 0 Å². The quantitative estimate of drug-likeness (QED) is 0.652. The van der Waals surface area contributed by atoms with E-state index in [0.717, 1.165) is 12.1 Å². The van der Waals surface area contributed by atoms with Gasteiger partial charge >= 0.3 is 6.18 Å². The zero-order chi connectivity index (χ0) is 18.0. The van der Waals surface area contributed by atoms with Gasteiger partial charge in [0.05, 0.1) is 17.0 Å². The van der Waals surface area contributed by atoms with Crippen molar-refractivity contribution in [1.82, 2.24) is 15.0 Å². The average molecular weight is 368 g/mol. The smallest absolute Gasteiger partial charge is 0.416 e. The van der Waals surface area contributed by atoms with Gasteiger partial charge in [0, 0.05) is 24.1 Å². The first-order chi connectivity index (χ1) is 11.8. The van der Waals surface area contributed by atoms with Crippen LogP contribution >= 0.6 is 11.3 Å². The van der Waals surface area contributed by atoms with Crippen molar-refractivity contribution in [1.29, 1.82) is 0 Å². The highest BCUT2D eigenvalue weighted by molar-refractivity contribution is 7.14. The molecular formula is C15H11F3N4O2S. The van der Waals surface area contributed by atoms with Gasteiger partial charge in [-0.2, -0.15) is 13.2 Å². The van der Waals surface area contributed by atoms with Crippen LogP contribution in [-0.2, 0) is 12.8 Å². The molecule has 0 saturated heterocycles. The minimum absolute atomic E-state index is 0.000314. The van der Waals surface area contributed by atoms with Gasteiger partial charge < -0.3 is 15.5 Å². The van der Waals surface area contributed by atoms with E-state index in [0.29, 0.717) is 21.6 Å². The molecule has 3 rings (SSSR count). The van der Waals surface area contributed by atoms with Crippen molar-refractivity contribution >= 4 is 23.0 Å². The largest absolute Gasteiger partial charge is 0.508 e. The van der Waals surface area contributed by atoms with E-state index in [1.807, 2.05) is 0 Å². The van der Waals surface area contributed by atoms with Crippen molar-refractivity contribution in [3.05, 3.63) is 47.1 Å². The number of rotatable bonds is 4. The molecule has 3 aromatic rings. The molecule has 0 amide bonds. The zero-order valence-electron chi connectivity index (χ0n) is 12.4. The number of aromatic nitrogens is 3. The minimum atomic E-state index is -4.58. The van der Waals surface area contributed by atoms with Crippen LogP contribution < -0.4 is 5.32 Å². The number of phenolic OH excluding ortho intramolecular Hbond substituents is 1. The summed E-state index contributed by atoms with van der Waals surface area (Å²) < 4.78 is 38.4. The van der Waals surface area contributed by atoms with E-state index in [9.17, 15) is 18.3 Å². The number of phenols is 1. The Kier molecular flexibility index (Phi) is 4.55. The van der Waals surface area contributed by atoms with Gasteiger partial charge in [-0.05, 0) is 18.2 Å². The van der Waals surface area contributed by atoms with Crippen LogP contribution in [0.1, 0.15) is 10.4 Å². The number of aliphatic hydroxyl groups is 1. The Hall–Kier alpha value is -2.72. The van der Waals surface area contributed by atoms with Crippen LogP contribution in [-0.4, -0.2) is 25.2 Å². The molecule has 0 spiro atoms. The fourth-order valence-corrected chi connectivity index (χ4v) is 2.76. The number of aromatic hydroxyl groups is 1. The number of nitrogens with zero attached hydrogens (tertiary/aromatic N) is 3. The first kappa shape index (κ1) is 17.1. The van der Waals surface area contributed by atoms with Crippen molar-refractivity contribution < 1.29 is 23.4 Å². The van der Waals surface area contributed by atoms with Crippen molar-refractivity contribution in [3.8, 4) is 16.5 Å². The molecule has 6 nitrogen and oxygen atoms in total. The molecule has 0 atom stereocenters. The number of hydrogen-bond acceptors (Lipinski definition) is 7. The lowest BCUT2D eigenvalue weighted by Crippen LogP contribution is -2.06. The second-order valence-electron chi connectivity index (χ2n) is 4.95. The molecule has 0 saturated carbocycles. The lowest BCUT2D eigenvalue weighted by Gasteiger charge is -2.11. The van der Waals surface area contributed by atoms with Crippen LogP contribution in [0.15, 0.2) is 36.7 Å². The molecule has 0 aliphatic carbocycles. The number of alkyl halides is 3. The predicted octanol–water partition coefficient (Wildman–Crippen LogP) is 3.56. The van der Waals surface area contributed by atoms with Gasteiger partial charge in [0.1, 0.15) is 16.5 Å². The van der Waals surface area contributed by atoms with E-state index in [4.69, 9.17) is 5.11 Å². The number of anilines is 2.